The summed E-state index contributed by atoms with van der Waals surface area (Å²) in [4.78, 5) is 27.1. The predicted octanol–water partition coefficient (Wildman–Crippen LogP) is 0.920. The van der Waals surface area contributed by atoms with Crippen molar-refractivity contribution in [1.29, 1.82) is 0 Å². The van der Waals surface area contributed by atoms with Gasteiger partial charge in [0.15, 0.2) is 5.12 Å². The highest BCUT2D eigenvalue weighted by Crippen LogP contribution is 2.22. The lowest BCUT2D eigenvalue weighted by molar-refractivity contribution is -0.109. The Morgan fingerprint density at radius 2 is 2.00 bits per heavy atom. The number of aliphatic hydroxyl groups excluding tert-OH is 2. The van der Waals surface area contributed by atoms with Crippen LogP contribution in [0.5, 0.6) is 0 Å². The number of hydrogen-bond acceptors (Lipinski definition) is 5. The van der Waals surface area contributed by atoms with Crippen LogP contribution < -0.4 is 5.69 Å². The fraction of sp³-hybridized carbons (Fsp3) is 0.385. The number of aromatic nitrogens is 2. The lowest BCUT2D eigenvalue weighted by Crippen LogP contribution is -2.19. The Morgan fingerprint density at radius 3 is 2.70 bits per heavy atom. The highest BCUT2D eigenvalue weighted by molar-refractivity contribution is 8.13. The van der Waals surface area contributed by atoms with Gasteiger partial charge in [0.1, 0.15) is 6.10 Å². The van der Waals surface area contributed by atoms with Crippen molar-refractivity contribution >= 4 is 27.9 Å². The van der Waals surface area contributed by atoms with E-state index in [1.54, 1.807) is 18.2 Å². The summed E-state index contributed by atoms with van der Waals surface area (Å²) in [5.74, 6) is 0.455. The van der Waals surface area contributed by atoms with Gasteiger partial charge in [0, 0.05) is 12.7 Å². The molecular weight excluding hydrogens is 280 g/mol. The standard InChI is InChI=1S/C13H16N2O4S/c1-7(16)20-5-4-11(17)12(18)8-2-3-9-10(6-8)15-13(19)14-9/h2-3,6,11-12,17-18H,4-5H2,1H3,(H2,14,15,19). The Balaban J connectivity index is 2.07. The molecule has 0 aliphatic heterocycles. The number of H-pyrrole nitrogens is 2. The zero-order valence-corrected chi connectivity index (χ0v) is 11.7. The average Bonchev–Trinajstić information content (AvgIpc) is 2.76. The van der Waals surface area contributed by atoms with Gasteiger partial charge in [0.05, 0.1) is 17.1 Å². The van der Waals surface area contributed by atoms with E-state index >= 15 is 0 Å². The molecule has 2 atom stereocenters. The molecule has 2 aromatic rings. The smallest absolute Gasteiger partial charge is 0.323 e. The number of hydrogen-bond donors (Lipinski definition) is 4. The monoisotopic (exact) mass is 296 g/mol. The Hall–Kier alpha value is -1.57. The van der Waals surface area contributed by atoms with Gasteiger partial charge in [-0.1, -0.05) is 17.8 Å². The third-order valence-electron chi connectivity index (χ3n) is 2.96. The molecule has 1 heterocycles. The number of thioether (sulfide) groups is 1. The molecule has 0 saturated carbocycles. The van der Waals surface area contributed by atoms with Gasteiger partial charge in [-0.2, -0.15) is 0 Å². The van der Waals surface area contributed by atoms with Crippen LogP contribution in [0.2, 0.25) is 0 Å². The molecule has 2 rings (SSSR count). The molecule has 0 radical (unpaired) electrons. The first kappa shape index (κ1) is 14.8. The number of carbonyl (C=O) groups excluding carboxylic acids is 1. The van der Waals surface area contributed by atoms with E-state index in [1.807, 2.05) is 0 Å². The number of aliphatic hydroxyl groups is 2. The van der Waals surface area contributed by atoms with Gasteiger partial charge >= 0.3 is 5.69 Å². The molecule has 4 N–H and O–H groups in total. The molecule has 0 saturated heterocycles. The molecule has 20 heavy (non-hydrogen) atoms. The van der Waals surface area contributed by atoms with E-state index in [0.717, 1.165) is 11.8 Å². The minimum Gasteiger partial charge on any atom is -0.390 e. The van der Waals surface area contributed by atoms with Gasteiger partial charge in [0.2, 0.25) is 0 Å². The Kier molecular flexibility index (Phi) is 4.64. The number of rotatable bonds is 5. The number of carbonyl (C=O) groups is 1. The first-order chi connectivity index (χ1) is 9.47. The second-order valence-corrected chi connectivity index (χ2v) is 5.80. The maximum Gasteiger partial charge on any atom is 0.323 e. The molecule has 0 bridgehead atoms. The molecule has 108 valence electrons. The summed E-state index contributed by atoms with van der Waals surface area (Å²) < 4.78 is 0. The molecule has 1 aromatic heterocycles. The van der Waals surface area contributed by atoms with Crippen molar-refractivity contribution in [2.45, 2.75) is 25.6 Å². The van der Waals surface area contributed by atoms with Gasteiger partial charge < -0.3 is 20.2 Å². The Morgan fingerprint density at radius 1 is 1.30 bits per heavy atom. The van der Waals surface area contributed by atoms with Crippen LogP contribution >= 0.6 is 11.8 Å². The van der Waals surface area contributed by atoms with Crippen LogP contribution in [0.15, 0.2) is 23.0 Å². The molecule has 2 unspecified atom stereocenters. The van der Waals surface area contributed by atoms with Crippen molar-refractivity contribution < 1.29 is 15.0 Å². The van der Waals surface area contributed by atoms with Crippen LogP contribution in [-0.2, 0) is 4.79 Å². The summed E-state index contributed by atoms with van der Waals surface area (Å²) in [5, 5.41) is 20.0. The maximum absolute atomic E-state index is 11.2. The third kappa shape index (κ3) is 3.50. The number of benzene rings is 1. The number of fused-ring (bicyclic) bond motifs is 1. The molecule has 0 aliphatic carbocycles. The van der Waals surface area contributed by atoms with E-state index in [0.29, 0.717) is 28.8 Å². The fourth-order valence-corrected chi connectivity index (χ4v) is 2.58. The van der Waals surface area contributed by atoms with Gasteiger partial charge in [0.25, 0.3) is 0 Å². The molecule has 6 nitrogen and oxygen atoms in total. The first-order valence-electron chi connectivity index (χ1n) is 6.19. The van der Waals surface area contributed by atoms with Crippen LogP contribution in [0, 0.1) is 0 Å². The van der Waals surface area contributed by atoms with Crippen LogP contribution in [0.4, 0.5) is 0 Å². The Bertz CT molecular complexity index is 664. The van der Waals surface area contributed by atoms with E-state index in [4.69, 9.17) is 0 Å². The van der Waals surface area contributed by atoms with Gasteiger partial charge in [-0.15, -0.1) is 0 Å². The second kappa shape index (κ2) is 6.25. The summed E-state index contributed by atoms with van der Waals surface area (Å²) >= 11 is 1.12. The van der Waals surface area contributed by atoms with Gasteiger partial charge in [-0.25, -0.2) is 4.79 Å². The SMILES string of the molecule is CC(=O)SCCC(O)C(O)c1ccc2[nH]c(=O)[nH]c2c1. The molecule has 0 aliphatic rings. The first-order valence-corrected chi connectivity index (χ1v) is 7.17. The van der Waals surface area contributed by atoms with E-state index in [1.165, 1.54) is 6.92 Å². The van der Waals surface area contributed by atoms with E-state index in [-0.39, 0.29) is 10.8 Å². The molecule has 0 fully saturated rings. The van der Waals surface area contributed by atoms with Crippen molar-refractivity contribution in [1.82, 2.24) is 9.97 Å². The molecule has 1 aromatic carbocycles. The lowest BCUT2D eigenvalue weighted by Gasteiger charge is -2.17. The zero-order chi connectivity index (χ0) is 14.7. The van der Waals surface area contributed by atoms with E-state index in [9.17, 15) is 19.8 Å². The van der Waals surface area contributed by atoms with Crippen molar-refractivity contribution in [2.75, 3.05) is 5.75 Å². The summed E-state index contributed by atoms with van der Waals surface area (Å²) in [5.41, 5.74) is 1.43. The van der Waals surface area contributed by atoms with Crippen LogP contribution in [0.1, 0.15) is 25.0 Å². The zero-order valence-electron chi connectivity index (χ0n) is 10.9. The fourth-order valence-electron chi connectivity index (χ4n) is 1.94. The number of aromatic amines is 2. The van der Waals surface area contributed by atoms with Crippen LogP contribution in [0.3, 0.4) is 0 Å². The Labute approximate surface area is 119 Å². The summed E-state index contributed by atoms with van der Waals surface area (Å²) in [6.45, 7) is 1.46. The van der Waals surface area contributed by atoms with Gasteiger partial charge in [-0.05, 0) is 24.1 Å². The molecular formula is C13H16N2O4S. The number of imidazole rings is 1. The van der Waals surface area contributed by atoms with E-state index < -0.39 is 12.2 Å². The maximum atomic E-state index is 11.2. The highest BCUT2D eigenvalue weighted by atomic mass is 32.2. The normalized spacial score (nSPS) is 14.3. The molecule has 7 heteroatoms. The van der Waals surface area contributed by atoms with Crippen molar-refractivity contribution in [3.63, 3.8) is 0 Å². The third-order valence-corrected chi connectivity index (χ3v) is 3.81. The molecule has 0 spiro atoms. The van der Waals surface area contributed by atoms with Gasteiger partial charge in [-0.3, -0.25) is 4.79 Å². The van der Waals surface area contributed by atoms with Crippen molar-refractivity contribution in [2.24, 2.45) is 0 Å². The minimum absolute atomic E-state index is 0.0157. The van der Waals surface area contributed by atoms with Crippen molar-refractivity contribution in [3.8, 4) is 0 Å². The quantitative estimate of drug-likeness (QED) is 0.656. The molecule has 0 amide bonds. The second-order valence-electron chi connectivity index (χ2n) is 4.53. The highest BCUT2D eigenvalue weighted by Gasteiger charge is 2.19. The summed E-state index contributed by atoms with van der Waals surface area (Å²) in [6, 6.07) is 4.94. The largest absolute Gasteiger partial charge is 0.390 e. The topological polar surface area (TPSA) is 106 Å². The van der Waals surface area contributed by atoms with Crippen molar-refractivity contribution in [3.05, 3.63) is 34.2 Å². The predicted molar refractivity (Wildman–Crippen MR) is 77.6 cm³/mol. The summed E-state index contributed by atoms with van der Waals surface area (Å²) in [7, 11) is 0. The average molecular weight is 296 g/mol. The van der Waals surface area contributed by atoms with Crippen LogP contribution in [0.25, 0.3) is 11.0 Å². The lowest BCUT2D eigenvalue weighted by atomic mass is 10.0. The number of nitrogens with one attached hydrogen (secondary N) is 2. The van der Waals surface area contributed by atoms with E-state index in [2.05, 4.69) is 9.97 Å². The van der Waals surface area contributed by atoms with Crippen LogP contribution in [-0.4, -0.2) is 37.2 Å². The summed E-state index contributed by atoms with van der Waals surface area (Å²) in [6.07, 6.45) is -1.69. The minimum atomic E-state index is -1.05.